The lowest BCUT2D eigenvalue weighted by atomic mass is 10.1. The van der Waals surface area contributed by atoms with Crippen LogP contribution in [-0.2, 0) is 14.4 Å². The van der Waals surface area contributed by atoms with Gasteiger partial charge in [0.1, 0.15) is 0 Å². The molecule has 0 aromatic carbocycles. The molecule has 0 radical (unpaired) electrons. The maximum absolute atomic E-state index is 12.0. The highest BCUT2D eigenvalue weighted by Gasteiger charge is 2.26. The number of nitrogens with two attached hydrogens (primary N) is 1. The topological polar surface area (TPSA) is 95.7 Å². The smallest absolute Gasteiger partial charge is 0.241 e. The summed E-state index contributed by atoms with van der Waals surface area (Å²) in [6, 6.07) is -0.491. The van der Waals surface area contributed by atoms with E-state index in [-0.39, 0.29) is 24.3 Å². The van der Waals surface area contributed by atoms with Crippen LogP contribution in [0, 0.1) is 0 Å². The first-order valence-corrected chi connectivity index (χ1v) is 6.94. The van der Waals surface area contributed by atoms with Crippen LogP contribution < -0.4 is 11.1 Å². The van der Waals surface area contributed by atoms with Crippen molar-refractivity contribution in [2.75, 3.05) is 33.2 Å². The Morgan fingerprint density at radius 3 is 2.80 bits per heavy atom. The Morgan fingerprint density at radius 1 is 1.45 bits per heavy atom. The molecule has 3 amide bonds. The van der Waals surface area contributed by atoms with E-state index in [0.717, 1.165) is 12.8 Å². The fraction of sp³-hybridized carbons (Fsp3) is 0.769. The molecule has 1 aliphatic rings. The number of carbonyl (C=O) groups excluding carboxylic acids is 3. The lowest BCUT2D eigenvalue weighted by Crippen LogP contribution is -2.47. The number of likely N-dealkylation sites (N-methyl/N-ethyl adjacent to an activating group) is 1. The molecule has 0 aromatic rings. The Balaban J connectivity index is 2.43. The SMILES string of the molecule is CC(=O)NCCN(C)C(=O)CN1CCCCC(N)C1=O. The Kier molecular flexibility index (Phi) is 6.44. The molecule has 1 atom stereocenters. The maximum atomic E-state index is 12.0. The third kappa shape index (κ3) is 5.16. The first-order chi connectivity index (χ1) is 9.41. The summed E-state index contributed by atoms with van der Waals surface area (Å²) < 4.78 is 0. The zero-order chi connectivity index (χ0) is 15.1. The first kappa shape index (κ1) is 16.4. The average Bonchev–Trinajstić information content (AvgIpc) is 2.53. The molecule has 0 saturated carbocycles. The van der Waals surface area contributed by atoms with Gasteiger partial charge in [0, 0.05) is 33.6 Å². The van der Waals surface area contributed by atoms with Gasteiger partial charge < -0.3 is 20.9 Å². The number of amides is 3. The van der Waals surface area contributed by atoms with Crippen LogP contribution in [0.15, 0.2) is 0 Å². The average molecular weight is 284 g/mol. The van der Waals surface area contributed by atoms with E-state index >= 15 is 0 Å². The fourth-order valence-corrected chi connectivity index (χ4v) is 2.10. The van der Waals surface area contributed by atoms with Crippen molar-refractivity contribution in [3.8, 4) is 0 Å². The summed E-state index contributed by atoms with van der Waals surface area (Å²) in [5.74, 6) is -0.413. The van der Waals surface area contributed by atoms with Crippen molar-refractivity contribution in [2.45, 2.75) is 32.2 Å². The normalized spacial score (nSPS) is 19.4. The number of carbonyl (C=O) groups is 3. The summed E-state index contributed by atoms with van der Waals surface area (Å²) in [7, 11) is 1.66. The highest BCUT2D eigenvalue weighted by molar-refractivity contribution is 5.87. The number of hydrogen-bond donors (Lipinski definition) is 2. The molecule has 1 heterocycles. The van der Waals surface area contributed by atoms with Crippen LogP contribution in [0.4, 0.5) is 0 Å². The second kappa shape index (κ2) is 7.84. The van der Waals surface area contributed by atoms with Crippen molar-refractivity contribution in [3.63, 3.8) is 0 Å². The van der Waals surface area contributed by atoms with Crippen molar-refractivity contribution < 1.29 is 14.4 Å². The monoisotopic (exact) mass is 284 g/mol. The van der Waals surface area contributed by atoms with Gasteiger partial charge in [0.2, 0.25) is 17.7 Å². The molecular weight excluding hydrogens is 260 g/mol. The van der Waals surface area contributed by atoms with Gasteiger partial charge in [-0.2, -0.15) is 0 Å². The van der Waals surface area contributed by atoms with Gasteiger partial charge in [-0.15, -0.1) is 0 Å². The second-order valence-electron chi connectivity index (χ2n) is 5.16. The van der Waals surface area contributed by atoms with Gasteiger partial charge >= 0.3 is 0 Å². The molecule has 20 heavy (non-hydrogen) atoms. The van der Waals surface area contributed by atoms with Gasteiger partial charge in [0.25, 0.3) is 0 Å². The fourth-order valence-electron chi connectivity index (χ4n) is 2.10. The zero-order valence-electron chi connectivity index (χ0n) is 12.2. The second-order valence-corrected chi connectivity index (χ2v) is 5.16. The van der Waals surface area contributed by atoms with Gasteiger partial charge in [0.15, 0.2) is 0 Å². The lowest BCUT2D eigenvalue weighted by Gasteiger charge is -2.25. The van der Waals surface area contributed by atoms with E-state index in [9.17, 15) is 14.4 Å². The summed E-state index contributed by atoms with van der Waals surface area (Å²) in [6.45, 7) is 2.90. The Labute approximate surface area is 119 Å². The predicted molar refractivity (Wildman–Crippen MR) is 74.7 cm³/mol. The van der Waals surface area contributed by atoms with Crippen molar-refractivity contribution >= 4 is 17.7 Å². The van der Waals surface area contributed by atoms with Crippen LogP contribution in [0.2, 0.25) is 0 Å². The molecule has 114 valence electrons. The van der Waals surface area contributed by atoms with E-state index in [1.807, 2.05) is 0 Å². The van der Waals surface area contributed by atoms with E-state index < -0.39 is 6.04 Å². The molecule has 1 rings (SSSR count). The van der Waals surface area contributed by atoms with Crippen LogP contribution in [-0.4, -0.2) is 66.8 Å². The summed E-state index contributed by atoms with van der Waals surface area (Å²) in [6.07, 6.45) is 2.47. The highest BCUT2D eigenvalue weighted by Crippen LogP contribution is 2.10. The molecule has 1 fully saturated rings. The van der Waals surface area contributed by atoms with E-state index in [1.54, 1.807) is 7.05 Å². The molecule has 7 nitrogen and oxygen atoms in total. The highest BCUT2D eigenvalue weighted by atomic mass is 16.2. The number of nitrogens with one attached hydrogen (secondary N) is 1. The van der Waals surface area contributed by atoms with E-state index in [2.05, 4.69) is 5.32 Å². The summed E-state index contributed by atoms with van der Waals surface area (Å²) in [5, 5.41) is 2.63. The van der Waals surface area contributed by atoms with Gasteiger partial charge in [-0.05, 0) is 19.3 Å². The minimum Gasteiger partial charge on any atom is -0.355 e. The minimum atomic E-state index is -0.491. The minimum absolute atomic E-state index is 0.0586. The predicted octanol–water partition coefficient (Wildman–Crippen LogP) is -1.08. The molecule has 1 unspecified atom stereocenters. The van der Waals surface area contributed by atoms with Crippen LogP contribution in [0.3, 0.4) is 0 Å². The zero-order valence-corrected chi connectivity index (χ0v) is 12.2. The Hall–Kier alpha value is -1.63. The van der Waals surface area contributed by atoms with Crippen LogP contribution in [0.5, 0.6) is 0 Å². The van der Waals surface area contributed by atoms with Gasteiger partial charge in [-0.25, -0.2) is 0 Å². The Bertz CT molecular complexity index is 373. The van der Waals surface area contributed by atoms with Crippen LogP contribution >= 0.6 is 0 Å². The number of nitrogens with zero attached hydrogens (tertiary/aromatic N) is 2. The quantitative estimate of drug-likeness (QED) is 0.671. The van der Waals surface area contributed by atoms with E-state index in [1.165, 1.54) is 16.7 Å². The summed E-state index contributed by atoms with van der Waals surface area (Å²) >= 11 is 0. The molecule has 0 aliphatic carbocycles. The summed E-state index contributed by atoms with van der Waals surface area (Å²) in [4.78, 5) is 37.8. The van der Waals surface area contributed by atoms with Gasteiger partial charge in [-0.1, -0.05) is 0 Å². The molecule has 1 saturated heterocycles. The standard InChI is InChI=1S/C13H24N4O3/c1-10(18)15-6-8-16(2)12(19)9-17-7-4-3-5-11(14)13(17)20/h11H,3-9,14H2,1-2H3,(H,15,18). The van der Waals surface area contributed by atoms with E-state index in [0.29, 0.717) is 26.1 Å². The van der Waals surface area contributed by atoms with E-state index in [4.69, 9.17) is 5.73 Å². The third-order valence-electron chi connectivity index (χ3n) is 3.40. The Morgan fingerprint density at radius 2 is 2.15 bits per heavy atom. The molecular formula is C13H24N4O3. The molecule has 1 aliphatic heterocycles. The van der Waals surface area contributed by atoms with Crippen LogP contribution in [0.25, 0.3) is 0 Å². The lowest BCUT2D eigenvalue weighted by molar-refractivity contribution is -0.140. The van der Waals surface area contributed by atoms with Gasteiger partial charge in [-0.3, -0.25) is 14.4 Å². The number of likely N-dealkylation sites (tertiary alicyclic amines) is 1. The summed E-state index contributed by atoms with van der Waals surface area (Å²) in [5.41, 5.74) is 5.77. The van der Waals surface area contributed by atoms with Crippen molar-refractivity contribution in [2.24, 2.45) is 5.73 Å². The maximum Gasteiger partial charge on any atom is 0.241 e. The number of rotatable bonds is 5. The first-order valence-electron chi connectivity index (χ1n) is 6.94. The third-order valence-corrected chi connectivity index (χ3v) is 3.40. The van der Waals surface area contributed by atoms with Crippen molar-refractivity contribution in [3.05, 3.63) is 0 Å². The van der Waals surface area contributed by atoms with Crippen molar-refractivity contribution in [1.82, 2.24) is 15.1 Å². The molecule has 3 N–H and O–H groups in total. The largest absolute Gasteiger partial charge is 0.355 e. The molecule has 0 spiro atoms. The van der Waals surface area contributed by atoms with Crippen LogP contribution in [0.1, 0.15) is 26.2 Å². The van der Waals surface area contributed by atoms with Gasteiger partial charge in [0.05, 0.1) is 12.6 Å². The molecule has 0 aromatic heterocycles. The molecule has 7 heteroatoms. The van der Waals surface area contributed by atoms with Crippen molar-refractivity contribution in [1.29, 1.82) is 0 Å². The number of hydrogen-bond acceptors (Lipinski definition) is 4. The molecule has 0 bridgehead atoms.